The summed E-state index contributed by atoms with van der Waals surface area (Å²) in [5.74, 6) is -1.74. The predicted octanol–water partition coefficient (Wildman–Crippen LogP) is 5.93. The van der Waals surface area contributed by atoms with Crippen LogP contribution in [0, 0.1) is 12.7 Å². The molecule has 0 fully saturated rings. The summed E-state index contributed by atoms with van der Waals surface area (Å²) < 4.78 is 58.3. The summed E-state index contributed by atoms with van der Waals surface area (Å²) in [6.45, 7) is 1.90. The Morgan fingerprint density at radius 1 is 1.15 bits per heavy atom. The summed E-state index contributed by atoms with van der Waals surface area (Å²) in [6.07, 6.45) is -4.14. The van der Waals surface area contributed by atoms with E-state index in [0.717, 1.165) is 33.9 Å². The largest absolute Gasteiger partial charge is 0.488 e. The molecule has 174 valence electrons. The quantitative estimate of drug-likeness (QED) is 0.300. The van der Waals surface area contributed by atoms with Crippen molar-refractivity contribution in [2.45, 2.75) is 32.5 Å². The minimum absolute atomic E-state index is 0.128. The maximum atomic E-state index is 14.0. The van der Waals surface area contributed by atoms with Gasteiger partial charge in [-0.2, -0.15) is 13.2 Å². The molecule has 0 bridgehead atoms. The van der Waals surface area contributed by atoms with Gasteiger partial charge in [0, 0.05) is 23.4 Å². The summed E-state index contributed by atoms with van der Waals surface area (Å²) in [5.41, 5.74) is 2.91. The van der Waals surface area contributed by atoms with E-state index in [0.29, 0.717) is 33.7 Å². The van der Waals surface area contributed by atoms with Gasteiger partial charge in [0.05, 0.1) is 33.8 Å². The van der Waals surface area contributed by atoms with E-state index in [1.54, 1.807) is 13.0 Å². The van der Waals surface area contributed by atoms with E-state index in [2.05, 4.69) is 9.97 Å². The highest BCUT2D eigenvalue weighted by atomic mass is 32.1. The van der Waals surface area contributed by atoms with Crippen molar-refractivity contribution in [3.63, 3.8) is 0 Å². The van der Waals surface area contributed by atoms with Gasteiger partial charge in [-0.05, 0) is 42.3 Å². The number of ether oxygens (including phenoxy) is 1. The van der Waals surface area contributed by atoms with E-state index in [1.165, 1.54) is 17.4 Å². The third kappa shape index (κ3) is 4.21. The van der Waals surface area contributed by atoms with Crippen LogP contribution in [0.2, 0.25) is 0 Å². The highest BCUT2D eigenvalue weighted by Crippen LogP contribution is 2.39. The Balaban J connectivity index is 1.35. The van der Waals surface area contributed by atoms with Crippen molar-refractivity contribution in [2.24, 2.45) is 0 Å². The van der Waals surface area contributed by atoms with Crippen LogP contribution in [0.4, 0.5) is 17.6 Å². The van der Waals surface area contributed by atoms with Crippen molar-refractivity contribution in [3.05, 3.63) is 75.2 Å². The second kappa shape index (κ2) is 8.05. The van der Waals surface area contributed by atoms with Gasteiger partial charge >= 0.3 is 12.1 Å². The van der Waals surface area contributed by atoms with Gasteiger partial charge in [0.2, 0.25) is 0 Å². The van der Waals surface area contributed by atoms with Crippen LogP contribution in [0.15, 0.2) is 36.4 Å². The van der Waals surface area contributed by atoms with Gasteiger partial charge in [-0.15, -0.1) is 11.3 Å². The Kier molecular flexibility index (Phi) is 5.27. The number of aromatic nitrogens is 2. The molecule has 0 aliphatic heterocycles. The normalized spacial score (nSPS) is 12.6. The third-order valence-corrected chi connectivity index (χ3v) is 6.77. The lowest BCUT2D eigenvalue weighted by Crippen LogP contribution is -2.07. The monoisotopic (exact) mass is 488 g/mol. The number of fused-ring (bicyclic) bond motifs is 3. The lowest BCUT2D eigenvalue weighted by atomic mass is 10.1. The number of aryl methyl sites for hydroxylation is 1. The van der Waals surface area contributed by atoms with Crippen LogP contribution in [-0.4, -0.2) is 21.0 Å². The fraction of sp³-hybridized carbons (Fsp3) is 0.208. The molecule has 0 saturated heterocycles. The fourth-order valence-electron chi connectivity index (χ4n) is 3.83. The van der Waals surface area contributed by atoms with Crippen LogP contribution in [0.5, 0.6) is 5.75 Å². The molecule has 5 rings (SSSR count). The molecule has 4 aromatic rings. The van der Waals surface area contributed by atoms with E-state index in [1.807, 2.05) is 12.1 Å². The van der Waals surface area contributed by atoms with Gasteiger partial charge < -0.3 is 9.84 Å². The number of aliphatic carboxylic acids is 1. The molecule has 0 radical (unpaired) electrons. The molecular weight excluding hydrogens is 472 g/mol. The highest BCUT2D eigenvalue weighted by Gasteiger charge is 2.34. The van der Waals surface area contributed by atoms with Gasteiger partial charge in [0.15, 0.2) is 0 Å². The van der Waals surface area contributed by atoms with Crippen LogP contribution < -0.4 is 4.74 Å². The van der Waals surface area contributed by atoms with Crippen LogP contribution >= 0.6 is 11.3 Å². The molecule has 1 aliphatic rings. The molecule has 2 aromatic carbocycles. The number of hydrogen-bond acceptors (Lipinski definition) is 5. The van der Waals surface area contributed by atoms with Crippen molar-refractivity contribution >= 4 is 28.2 Å². The average molecular weight is 488 g/mol. The molecule has 5 nitrogen and oxygen atoms in total. The smallest absolute Gasteiger partial charge is 0.419 e. The summed E-state index contributed by atoms with van der Waals surface area (Å²) >= 11 is 1.21. The lowest BCUT2D eigenvalue weighted by molar-refractivity contribution is -0.140. The Morgan fingerprint density at radius 3 is 2.65 bits per heavy atom. The van der Waals surface area contributed by atoms with Crippen LogP contribution in [0.1, 0.15) is 33.0 Å². The number of thiazole rings is 1. The fourth-order valence-corrected chi connectivity index (χ4v) is 4.80. The molecule has 10 heteroatoms. The second-order valence-electron chi connectivity index (χ2n) is 7.95. The number of pyridine rings is 1. The van der Waals surface area contributed by atoms with E-state index < -0.39 is 23.5 Å². The predicted molar refractivity (Wildman–Crippen MR) is 117 cm³/mol. The van der Waals surface area contributed by atoms with Gasteiger partial charge in [-0.1, -0.05) is 6.07 Å². The molecule has 0 spiro atoms. The molecule has 34 heavy (non-hydrogen) atoms. The topological polar surface area (TPSA) is 72.3 Å². The first-order valence-electron chi connectivity index (χ1n) is 10.2. The second-order valence-corrected chi connectivity index (χ2v) is 9.03. The van der Waals surface area contributed by atoms with Crippen molar-refractivity contribution in [2.75, 3.05) is 0 Å². The summed E-state index contributed by atoms with van der Waals surface area (Å²) in [5, 5.41) is 10.4. The zero-order valence-electron chi connectivity index (χ0n) is 17.7. The van der Waals surface area contributed by atoms with Gasteiger partial charge in [0.1, 0.15) is 23.2 Å². The summed E-state index contributed by atoms with van der Waals surface area (Å²) in [6, 6.07) is 8.20. The third-order valence-electron chi connectivity index (χ3n) is 5.59. The summed E-state index contributed by atoms with van der Waals surface area (Å²) in [4.78, 5) is 20.7. The standard InChI is InChI=1S/C24H16F4N2O3S/c1-11-21(34-23(29-11)12-2-5-17(18(25)6-12)24(26,27)28)10-33-13-3-4-14-15-8-16(15)20(9-22(31)32)30-19(14)7-13/h2-7H,8-10H2,1H3,(H,31,32). The zero-order chi connectivity index (χ0) is 24.2. The minimum atomic E-state index is -4.76. The Hall–Kier alpha value is -3.53. The number of rotatable bonds is 6. The van der Waals surface area contributed by atoms with Crippen molar-refractivity contribution < 1.29 is 32.2 Å². The van der Waals surface area contributed by atoms with E-state index in [-0.39, 0.29) is 18.6 Å². The molecule has 2 aromatic heterocycles. The summed E-state index contributed by atoms with van der Waals surface area (Å²) in [7, 11) is 0. The SMILES string of the molecule is Cc1nc(-c2ccc(C(F)(F)F)c(F)c2)sc1COc1ccc2c3c(c(CC(=O)O)nc2c1)C3. The minimum Gasteiger partial charge on any atom is -0.488 e. The number of benzene rings is 2. The number of carboxylic acid groups (broad SMARTS) is 1. The first kappa shape index (κ1) is 22.3. The van der Waals surface area contributed by atoms with Crippen molar-refractivity contribution in [1.82, 2.24) is 9.97 Å². The van der Waals surface area contributed by atoms with Gasteiger partial charge in [-0.25, -0.2) is 9.37 Å². The lowest BCUT2D eigenvalue weighted by Gasteiger charge is -2.08. The first-order valence-corrected chi connectivity index (χ1v) is 11.0. The Labute approximate surface area is 194 Å². The molecule has 0 unspecified atom stereocenters. The molecule has 0 atom stereocenters. The molecule has 1 N–H and O–H groups in total. The van der Waals surface area contributed by atoms with Crippen LogP contribution in [-0.2, 0) is 30.4 Å². The van der Waals surface area contributed by atoms with E-state index in [9.17, 15) is 22.4 Å². The zero-order valence-corrected chi connectivity index (χ0v) is 18.5. The Bertz CT molecular complexity index is 1460. The average Bonchev–Trinajstić information content (AvgIpc) is 3.48. The number of carbonyl (C=O) groups is 1. The first-order chi connectivity index (χ1) is 16.1. The maximum absolute atomic E-state index is 14.0. The van der Waals surface area contributed by atoms with E-state index in [4.69, 9.17) is 9.84 Å². The molecule has 2 heterocycles. The van der Waals surface area contributed by atoms with E-state index >= 15 is 0 Å². The number of nitrogens with zero attached hydrogens (tertiary/aromatic N) is 2. The van der Waals surface area contributed by atoms with Crippen LogP contribution in [0.3, 0.4) is 0 Å². The molecule has 0 saturated carbocycles. The number of carboxylic acids is 1. The van der Waals surface area contributed by atoms with Gasteiger partial charge in [0.25, 0.3) is 0 Å². The maximum Gasteiger partial charge on any atom is 0.419 e. The van der Waals surface area contributed by atoms with Crippen LogP contribution in [0.25, 0.3) is 21.5 Å². The molecule has 1 aliphatic carbocycles. The number of halogens is 4. The Morgan fingerprint density at radius 2 is 1.94 bits per heavy atom. The van der Waals surface area contributed by atoms with Crippen molar-refractivity contribution in [1.29, 1.82) is 0 Å². The number of alkyl halides is 3. The molecular formula is C24H16F4N2O3S. The van der Waals surface area contributed by atoms with Crippen molar-refractivity contribution in [3.8, 4) is 16.3 Å². The van der Waals surface area contributed by atoms with Gasteiger partial charge in [-0.3, -0.25) is 9.78 Å². The highest BCUT2D eigenvalue weighted by molar-refractivity contribution is 7.15. The number of hydrogen-bond donors (Lipinski definition) is 1. The molecule has 0 amide bonds.